The van der Waals surface area contributed by atoms with Crippen LogP contribution in [-0.2, 0) is 4.79 Å². The van der Waals surface area contributed by atoms with Gasteiger partial charge >= 0.3 is 0 Å². The van der Waals surface area contributed by atoms with Crippen molar-refractivity contribution in [2.24, 2.45) is 5.92 Å². The molecule has 1 heterocycles. The molecule has 110 valence electrons. The number of methoxy groups -OCH3 is 1. The Kier molecular flexibility index (Phi) is 3.64. The summed E-state index contributed by atoms with van der Waals surface area (Å²) in [6.07, 6.45) is 3.10. The summed E-state index contributed by atoms with van der Waals surface area (Å²) in [6, 6.07) is 7.66. The second-order valence-corrected chi connectivity index (χ2v) is 5.39. The molecule has 1 amide bonds. The van der Waals surface area contributed by atoms with Crippen LogP contribution >= 0.6 is 0 Å². The molecule has 5 nitrogen and oxygen atoms in total. The first-order valence-corrected chi connectivity index (χ1v) is 7.20. The standard InChI is InChI=1S/C16H19N3O2/c1-10-14(17-16(20)11-6-5-7-11)15(19-18-10)12-8-3-4-9-13(12)21-2/h3-4,8-9,11H,5-7H2,1-2H3,(H,17,20)(H,18,19). The molecular weight excluding hydrogens is 266 g/mol. The minimum Gasteiger partial charge on any atom is -0.496 e. The van der Waals surface area contributed by atoms with Gasteiger partial charge in [-0.25, -0.2) is 0 Å². The molecule has 2 aromatic rings. The summed E-state index contributed by atoms with van der Waals surface area (Å²) in [7, 11) is 1.63. The Morgan fingerprint density at radius 2 is 2.14 bits per heavy atom. The molecule has 21 heavy (non-hydrogen) atoms. The summed E-state index contributed by atoms with van der Waals surface area (Å²) < 4.78 is 5.38. The first-order valence-electron chi connectivity index (χ1n) is 7.20. The van der Waals surface area contributed by atoms with E-state index in [4.69, 9.17) is 4.74 Å². The molecule has 1 aliphatic rings. The van der Waals surface area contributed by atoms with Crippen molar-refractivity contribution in [1.29, 1.82) is 0 Å². The molecule has 1 aliphatic carbocycles. The number of aryl methyl sites for hydroxylation is 1. The zero-order valence-electron chi connectivity index (χ0n) is 12.3. The van der Waals surface area contributed by atoms with Gasteiger partial charge in [0.05, 0.1) is 18.5 Å². The minimum atomic E-state index is 0.0851. The van der Waals surface area contributed by atoms with Crippen molar-refractivity contribution in [3.63, 3.8) is 0 Å². The Morgan fingerprint density at radius 1 is 1.38 bits per heavy atom. The van der Waals surface area contributed by atoms with Crippen LogP contribution in [0.2, 0.25) is 0 Å². The van der Waals surface area contributed by atoms with Crippen molar-refractivity contribution < 1.29 is 9.53 Å². The first kappa shape index (κ1) is 13.7. The van der Waals surface area contributed by atoms with Crippen LogP contribution in [0.1, 0.15) is 25.0 Å². The number of anilines is 1. The predicted molar refractivity (Wildman–Crippen MR) is 81.3 cm³/mol. The number of rotatable bonds is 4. The Hall–Kier alpha value is -2.30. The normalized spacial score (nSPS) is 14.6. The number of para-hydroxylation sites is 1. The minimum absolute atomic E-state index is 0.0851. The van der Waals surface area contributed by atoms with E-state index in [-0.39, 0.29) is 11.8 Å². The quantitative estimate of drug-likeness (QED) is 0.907. The van der Waals surface area contributed by atoms with Gasteiger partial charge in [0.1, 0.15) is 11.4 Å². The van der Waals surface area contributed by atoms with Gasteiger partial charge in [-0.1, -0.05) is 18.6 Å². The Morgan fingerprint density at radius 3 is 2.81 bits per heavy atom. The number of ether oxygens (including phenoxy) is 1. The maximum Gasteiger partial charge on any atom is 0.227 e. The number of aromatic nitrogens is 2. The molecule has 1 aromatic heterocycles. The number of hydrogen-bond donors (Lipinski definition) is 2. The molecule has 0 bridgehead atoms. The van der Waals surface area contributed by atoms with E-state index < -0.39 is 0 Å². The molecular formula is C16H19N3O2. The highest BCUT2D eigenvalue weighted by Gasteiger charge is 2.27. The lowest BCUT2D eigenvalue weighted by molar-refractivity contribution is -0.122. The van der Waals surface area contributed by atoms with E-state index in [0.29, 0.717) is 0 Å². The zero-order valence-corrected chi connectivity index (χ0v) is 12.3. The van der Waals surface area contributed by atoms with E-state index in [0.717, 1.165) is 47.7 Å². The average molecular weight is 285 g/mol. The molecule has 0 aliphatic heterocycles. The van der Waals surface area contributed by atoms with Gasteiger partial charge in [0.25, 0.3) is 0 Å². The number of nitrogens with one attached hydrogen (secondary N) is 2. The Balaban J connectivity index is 1.94. The average Bonchev–Trinajstić information content (AvgIpc) is 2.78. The number of benzene rings is 1. The largest absolute Gasteiger partial charge is 0.496 e. The predicted octanol–water partition coefficient (Wildman–Crippen LogP) is 3.13. The third-order valence-electron chi connectivity index (χ3n) is 4.03. The van der Waals surface area contributed by atoms with Crippen molar-refractivity contribution in [3.8, 4) is 17.0 Å². The van der Waals surface area contributed by atoms with Crippen LogP contribution in [0.15, 0.2) is 24.3 Å². The lowest BCUT2D eigenvalue weighted by Crippen LogP contribution is -2.28. The van der Waals surface area contributed by atoms with E-state index in [1.54, 1.807) is 7.11 Å². The lowest BCUT2D eigenvalue weighted by Gasteiger charge is -2.24. The van der Waals surface area contributed by atoms with Crippen molar-refractivity contribution in [2.75, 3.05) is 12.4 Å². The highest BCUT2D eigenvalue weighted by molar-refractivity contribution is 5.97. The molecule has 3 rings (SSSR count). The number of H-pyrrole nitrogens is 1. The monoisotopic (exact) mass is 285 g/mol. The molecule has 1 fully saturated rings. The molecule has 5 heteroatoms. The summed E-state index contributed by atoms with van der Waals surface area (Å²) in [4.78, 5) is 12.2. The fourth-order valence-corrected chi connectivity index (χ4v) is 2.51. The van der Waals surface area contributed by atoms with Crippen LogP contribution in [0.25, 0.3) is 11.3 Å². The van der Waals surface area contributed by atoms with E-state index in [1.807, 2.05) is 31.2 Å². The number of nitrogens with zero attached hydrogens (tertiary/aromatic N) is 1. The molecule has 0 saturated heterocycles. The van der Waals surface area contributed by atoms with E-state index >= 15 is 0 Å². The molecule has 1 aromatic carbocycles. The topological polar surface area (TPSA) is 67.0 Å². The highest BCUT2D eigenvalue weighted by Crippen LogP contribution is 2.36. The van der Waals surface area contributed by atoms with Crippen LogP contribution in [0, 0.1) is 12.8 Å². The van der Waals surface area contributed by atoms with Crippen LogP contribution < -0.4 is 10.1 Å². The zero-order chi connectivity index (χ0) is 14.8. The number of carbonyl (C=O) groups excluding carboxylic acids is 1. The van der Waals surface area contributed by atoms with Crippen LogP contribution in [0.5, 0.6) is 5.75 Å². The molecule has 2 N–H and O–H groups in total. The van der Waals surface area contributed by atoms with Crippen molar-refractivity contribution in [3.05, 3.63) is 30.0 Å². The number of carbonyl (C=O) groups is 1. The van der Waals surface area contributed by atoms with Crippen LogP contribution in [0.3, 0.4) is 0 Å². The fourth-order valence-electron chi connectivity index (χ4n) is 2.51. The maximum absolute atomic E-state index is 12.2. The lowest BCUT2D eigenvalue weighted by atomic mass is 9.85. The Bertz CT molecular complexity index is 659. The van der Waals surface area contributed by atoms with E-state index in [2.05, 4.69) is 15.5 Å². The molecule has 1 saturated carbocycles. The summed E-state index contributed by atoms with van der Waals surface area (Å²) in [5.41, 5.74) is 3.19. The van der Waals surface area contributed by atoms with Crippen molar-refractivity contribution in [2.45, 2.75) is 26.2 Å². The second kappa shape index (κ2) is 5.60. The van der Waals surface area contributed by atoms with Crippen LogP contribution in [0.4, 0.5) is 5.69 Å². The Labute approximate surface area is 123 Å². The summed E-state index contributed by atoms with van der Waals surface area (Å²) in [5.74, 6) is 0.967. The van der Waals surface area contributed by atoms with Gasteiger partial charge < -0.3 is 10.1 Å². The molecule has 0 atom stereocenters. The SMILES string of the molecule is COc1ccccc1-c1n[nH]c(C)c1NC(=O)C1CCC1. The summed E-state index contributed by atoms with van der Waals surface area (Å²) in [5, 5.41) is 10.3. The maximum atomic E-state index is 12.2. The van der Waals surface area contributed by atoms with E-state index in [9.17, 15) is 4.79 Å². The number of hydrogen-bond acceptors (Lipinski definition) is 3. The van der Waals surface area contributed by atoms with Crippen molar-refractivity contribution >= 4 is 11.6 Å². The van der Waals surface area contributed by atoms with Gasteiger partial charge in [0, 0.05) is 11.5 Å². The first-order chi connectivity index (χ1) is 10.2. The second-order valence-electron chi connectivity index (χ2n) is 5.39. The van der Waals surface area contributed by atoms with Gasteiger partial charge in [-0.15, -0.1) is 0 Å². The van der Waals surface area contributed by atoms with E-state index in [1.165, 1.54) is 0 Å². The fraction of sp³-hybridized carbons (Fsp3) is 0.375. The third kappa shape index (κ3) is 2.51. The summed E-state index contributed by atoms with van der Waals surface area (Å²) >= 11 is 0. The molecule has 0 radical (unpaired) electrons. The number of amides is 1. The third-order valence-corrected chi connectivity index (χ3v) is 4.03. The van der Waals surface area contributed by atoms with Crippen molar-refractivity contribution in [1.82, 2.24) is 10.2 Å². The number of aromatic amines is 1. The highest BCUT2D eigenvalue weighted by atomic mass is 16.5. The van der Waals surface area contributed by atoms with Gasteiger partial charge in [0.2, 0.25) is 5.91 Å². The van der Waals surface area contributed by atoms with Gasteiger partial charge in [0.15, 0.2) is 0 Å². The molecule has 0 unspecified atom stereocenters. The van der Waals surface area contributed by atoms with Crippen LogP contribution in [-0.4, -0.2) is 23.2 Å². The van der Waals surface area contributed by atoms with Gasteiger partial charge in [-0.2, -0.15) is 5.10 Å². The summed E-state index contributed by atoms with van der Waals surface area (Å²) in [6.45, 7) is 1.91. The smallest absolute Gasteiger partial charge is 0.227 e. The van der Waals surface area contributed by atoms with Gasteiger partial charge in [-0.3, -0.25) is 9.89 Å². The van der Waals surface area contributed by atoms with Gasteiger partial charge in [-0.05, 0) is 31.9 Å². The molecule has 0 spiro atoms.